The van der Waals surface area contributed by atoms with Gasteiger partial charge >= 0.3 is 0 Å². The van der Waals surface area contributed by atoms with Crippen LogP contribution in [0.4, 0.5) is 4.39 Å². The van der Waals surface area contributed by atoms with Gasteiger partial charge in [0.25, 0.3) is 0 Å². The van der Waals surface area contributed by atoms with Crippen molar-refractivity contribution in [1.82, 2.24) is 0 Å². The molecule has 0 N–H and O–H groups in total. The van der Waals surface area contributed by atoms with Crippen molar-refractivity contribution in [3.8, 4) is 23.0 Å². The van der Waals surface area contributed by atoms with E-state index in [0.29, 0.717) is 12.8 Å². The summed E-state index contributed by atoms with van der Waals surface area (Å²) in [4.78, 5) is 0. The van der Waals surface area contributed by atoms with Crippen molar-refractivity contribution in [2.45, 2.75) is 26.2 Å². The lowest BCUT2D eigenvalue weighted by atomic mass is 10.00. The Bertz CT molecular complexity index is 669. The minimum Gasteiger partial charge on any atom is -0.207 e. The Labute approximate surface area is 126 Å². The maximum absolute atomic E-state index is 14.1. The van der Waals surface area contributed by atoms with Gasteiger partial charge in [-0.15, -0.1) is 18.4 Å². The summed E-state index contributed by atoms with van der Waals surface area (Å²) in [6.07, 6.45) is 4.09. The van der Waals surface area contributed by atoms with Gasteiger partial charge in [-0.2, -0.15) is 0 Å². The molecule has 0 spiro atoms. The van der Waals surface area contributed by atoms with Crippen LogP contribution in [0.2, 0.25) is 0 Å². The molecule has 1 heteroatoms. The predicted octanol–water partition coefficient (Wildman–Crippen LogP) is 5.18. The Balaban J connectivity index is 2.18. The molecular formula is C20H19F. The summed E-state index contributed by atoms with van der Waals surface area (Å²) >= 11 is 0. The number of aryl methyl sites for hydroxylation is 1. The van der Waals surface area contributed by atoms with E-state index in [0.717, 1.165) is 23.1 Å². The predicted molar refractivity (Wildman–Crippen MR) is 87.5 cm³/mol. The molecule has 106 valence electrons. The van der Waals surface area contributed by atoms with E-state index in [4.69, 9.17) is 0 Å². The Kier molecular flexibility index (Phi) is 5.35. The third kappa shape index (κ3) is 4.07. The van der Waals surface area contributed by atoms with Crippen LogP contribution in [0, 0.1) is 17.7 Å². The fourth-order valence-electron chi connectivity index (χ4n) is 2.25. The molecule has 0 bridgehead atoms. The highest BCUT2D eigenvalue weighted by Gasteiger charge is 2.05. The van der Waals surface area contributed by atoms with Gasteiger partial charge in [0.05, 0.1) is 0 Å². The van der Waals surface area contributed by atoms with E-state index in [-0.39, 0.29) is 5.82 Å². The van der Waals surface area contributed by atoms with E-state index in [9.17, 15) is 4.39 Å². The number of halogens is 1. The molecule has 0 heterocycles. The molecule has 21 heavy (non-hydrogen) atoms. The minimum atomic E-state index is -0.152. The molecule has 0 amide bonds. The molecular weight excluding hydrogens is 259 g/mol. The van der Waals surface area contributed by atoms with Gasteiger partial charge in [0.1, 0.15) is 5.82 Å². The van der Waals surface area contributed by atoms with Crippen molar-refractivity contribution >= 4 is 0 Å². The summed E-state index contributed by atoms with van der Waals surface area (Å²) in [6.45, 7) is 5.53. The van der Waals surface area contributed by atoms with Crippen LogP contribution in [0.15, 0.2) is 55.1 Å². The first-order valence-corrected chi connectivity index (χ1v) is 7.13. The highest BCUT2D eigenvalue weighted by molar-refractivity contribution is 5.64. The number of rotatable bonds is 5. The lowest BCUT2D eigenvalue weighted by Gasteiger charge is -2.06. The lowest BCUT2D eigenvalue weighted by Crippen LogP contribution is -1.91. The third-order valence-corrected chi connectivity index (χ3v) is 3.42. The number of hydrogen-bond donors (Lipinski definition) is 0. The second-order valence-electron chi connectivity index (χ2n) is 4.92. The fraction of sp³-hybridized carbons (Fsp3) is 0.200. The number of benzene rings is 2. The van der Waals surface area contributed by atoms with Gasteiger partial charge in [0.2, 0.25) is 0 Å². The molecule has 0 aliphatic heterocycles. The molecule has 0 saturated heterocycles. The van der Waals surface area contributed by atoms with Crippen LogP contribution in [0.5, 0.6) is 0 Å². The van der Waals surface area contributed by atoms with Crippen LogP contribution >= 0.6 is 0 Å². The van der Waals surface area contributed by atoms with Crippen LogP contribution in [-0.2, 0) is 12.8 Å². The minimum absolute atomic E-state index is 0.152. The summed E-state index contributed by atoms with van der Waals surface area (Å²) in [7, 11) is 0. The van der Waals surface area contributed by atoms with E-state index < -0.39 is 0 Å². The van der Waals surface area contributed by atoms with Crippen molar-refractivity contribution in [2.75, 3.05) is 0 Å². The molecule has 0 aliphatic rings. The number of allylic oxidation sites excluding steroid dienone is 1. The maximum Gasteiger partial charge on any atom is 0.127 e. The van der Waals surface area contributed by atoms with Crippen LogP contribution < -0.4 is 0 Å². The molecule has 0 saturated carbocycles. The van der Waals surface area contributed by atoms with Crippen molar-refractivity contribution in [2.24, 2.45) is 0 Å². The molecule has 0 aliphatic carbocycles. The molecule has 2 aromatic carbocycles. The lowest BCUT2D eigenvalue weighted by molar-refractivity contribution is 0.610. The van der Waals surface area contributed by atoms with Crippen LogP contribution in [0.3, 0.4) is 0 Å². The SMILES string of the molecule is C=CCc1ccc(-c2ccc(CCC#CC)c(F)c2)cc1. The maximum atomic E-state index is 14.1. The molecule has 2 rings (SSSR count). The average molecular weight is 278 g/mol. The van der Waals surface area contributed by atoms with Crippen molar-refractivity contribution in [3.63, 3.8) is 0 Å². The van der Waals surface area contributed by atoms with E-state index in [2.05, 4.69) is 30.6 Å². The smallest absolute Gasteiger partial charge is 0.127 e. The normalized spacial score (nSPS) is 9.81. The summed E-state index contributed by atoms with van der Waals surface area (Å²) < 4.78 is 14.1. The van der Waals surface area contributed by atoms with Gasteiger partial charge in [-0.3, -0.25) is 0 Å². The van der Waals surface area contributed by atoms with Crippen LogP contribution in [-0.4, -0.2) is 0 Å². The van der Waals surface area contributed by atoms with Crippen LogP contribution in [0.1, 0.15) is 24.5 Å². The van der Waals surface area contributed by atoms with Gasteiger partial charge < -0.3 is 0 Å². The monoisotopic (exact) mass is 278 g/mol. The Hall–Kier alpha value is -2.33. The zero-order valence-electron chi connectivity index (χ0n) is 12.3. The highest BCUT2D eigenvalue weighted by Crippen LogP contribution is 2.23. The van der Waals surface area contributed by atoms with E-state index in [1.165, 1.54) is 5.56 Å². The number of hydrogen-bond acceptors (Lipinski definition) is 0. The average Bonchev–Trinajstić information content (AvgIpc) is 2.50. The molecule has 0 fully saturated rings. The Morgan fingerprint density at radius 3 is 2.43 bits per heavy atom. The second kappa shape index (κ2) is 7.45. The topological polar surface area (TPSA) is 0 Å². The summed E-state index contributed by atoms with van der Waals surface area (Å²) in [5.41, 5.74) is 3.87. The molecule has 0 atom stereocenters. The summed E-state index contributed by atoms with van der Waals surface area (Å²) in [6, 6.07) is 13.6. The molecule has 2 aromatic rings. The first-order chi connectivity index (χ1) is 10.2. The van der Waals surface area contributed by atoms with E-state index in [1.54, 1.807) is 13.0 Å². The Morgan fingerprint density at radius 2 is 1.81 bits per heavy atom. The van der Waals surface area contributed by atoms with Gasteiger partial charge in [-0.05, 0) is 48.1 Å². The van der Waals surface area contributed by atoms with Crippen molar-refractivity contribution in [1.29, 1.82) is 0 Å². The standard InChI is InChI=1S/C20H19F/c1-3-5-6-8-18-13-14-19(15-20(18)21)17-11-9-16(7-4-2)10-12-17/h4,9-15H,2,6-8H2,1H3. The Morgan fingerprint density at radius 1 is 1.10 bits per heavy atom. The quantitative estimate of drug-likeness (QED) is 0.522. The van der Waals surface area contributed by atoms with Gasteiger partial charge in [0, 0.05) is 6.42 Å². The summed E-state index contributed by atoms with van der Waals surface area (Å²) in [5, 5.41) is 0. The fourth-order valence-corrected chi connectivity index (χ4v) is 2.25. The first-order valence-electron chi connectivity index (χ1n) is 7.13. The third-order valence-electron chi connectivity index (χ3n) is 3.42. The molecule has 0 aromatic heterocycles. The highest BCUT2D eigenvalue weighted by atomic mass is 19.1. The first kappa shape index (κ1) is 15.1. The van der Waals surface area contributed by atoms with Gasteiger partial charge in [-0.1, -0.05) is 42.5 Å². The van der Waals surface area contributed by atoms with Gasteiger partial charge in [0.15, 0.2) is 0 Å². The van der Waals surface area contributed by atoms with E-state index in [1.807, 2.05) is 30.3 Å². The zero-order valence-corrected chi connectivity index (χ0v) is 12.3. The van der Waals surface area contributed by atoms with Gasteiger partial charge in [-0.25, -0.2) is 4.39 Å². The second-order valence-corrected chi connectivity index (χ2v) is 4.92. The van der Waals surface area contributed by atoms with Crippen LogP contribution in [0.25, 0.3) is 11.1 Å². The molecule has 0 nitrogen and oxygen atoms in total. The summed E-state index contributed by atoms with van der Waals surface area (Å²) in [5.74, 6) is 5.64. The van der Waals surface area contributed by atoms with Crippen molar-refractivity contribution < 1.29 is 4.39 Å². The van der Waals surface area contributed by atoms with E-state index >= 15 is 0 Å². The van der Waals surface area contributed by atoms with Crippen molar-refractivity contribution in [3.05, 3.63) is 72.1 Å². The zero-order chi connectivity index (χ0) is 15.1. The largest absolute Gasteiger partial charge is 0.207 e. The molecule has 0 radical (unpaired) electrons. The molecule has 0 unspecified atom stereocenters.